The summed E-state index contributed by atoms with van der Waals surface area (Å²) in [7, 11) is 0. The molecule has 0 radical (unpaired) electrons. The molecule has 3 rings (SSSR count). The van der Waals surface area contributed by atoms with Crippen LogP contribution >= 0.6 is 24.2 Å². The Bertz CT molecular complexity index is 694. The van der Waals surface area contributed by atoms with Gasteiger partial charge >= 0.3 is 0 Å². The number of fused-ring (bicyclic) bond motifs is 1. The first-order valence-corrected chi connectivity index (χ1v) is 8.65. The SMILES string of the molecule is Cl.O=C(Nc1cc(CSCCO)ccn1)c1n[nH]c2c1CNCC2. The van der Waals surface area contributed by atoms with Crippen molar-refractivity contribution in [2.75, 3.05) is 24.2 Å². The standard InChI is InChI=1S/C15H19N5O2S.ClH/c21-5-6-23-9-10-1-4-17-13(7-10)18-15(22)14-11-8-16-3-2-12(11)19-20-14;/h1,4,7,16,21H,2-3,5-6,8-9H2,(H,19,20)(H,17,18,22);1H. The zero-order chi connectivity index (χ0) is 16.1. The third-order valence-corrected chi connectivity index (χ3v) is 4.60. The van der Waals surface area contributed by atoms with E-state index in [9.17, 15) is 4.79 Å². The molecule has 9 heteroatoms. The lowest BCUT2D eigenvalue weighted by Gasteiger charge is -2.12. The van der Waals surface area contributed by atoms with Crippen molar-refractivity contribution in [1.82, 2.24) is 20.5 Å². The third kappa shape index (κ3) is 4.47. The fraction of sp³-hybridized carbons (Fsp3) is 0.400. The van der Waals surface area contributed by atoms with Gasteiger partial charge in [-0.3, -0.25) is 9.89 Å². The summed E-state index contributed by atoms with van der Waals surface area (Å²) in [5.74, 6) is 1.72. The van der Waals surface area contributed by atoms with Crippen molar-refractivity contribution in [3.8, 4) is 0 Å². The average molecular weight is 370 g/mol. The van der Waals surface area contributed by atoms with Crippen molar-refractivity contribution in [1.29, 1.82) is 0 Å². The number of carbonyl (C=O) groups is 1. The van der Waals surface area contributed by atoms with Crippen molar-refractivity contribution in [2.45, 2.75) is 18.7 Å². The number of amides is 1. The summed E-state index contributed by atoms with van der Waals surface area (Å²) in [5.41, 5.74) is 3.44. The number of rotatable bonds is 6. The molecule has 0 atom stereocenters. The fourth-order valence-electron chi connectivity index (χ4n) is 2.48. The molecule has 0 aromatic carbocycles. The second-order valence-corrected chi connectivity index (χ2v) is 6.34. The Kier molecular flexibility index (Phi) is 7.04. The van der Waals surface area contributed by atoms with Gasteiger partial charge in [0.2, 0.25) is 0 Å². The molecular formula is C15H20ClN5O2S. The predicted octanol–water partition coefficient (Wildman–Crippen LogP) is 1.35. The molecule has 7 nitrogen and oxygen atoms in total. The van der Waals surface area contributed by atoms with Crippen molar-refractivity contribution >= 4 is 35.9 Å². The molecule has 0 bridgehead atoms. The zero-order valence-corrected chi connectivity index (χ0v) is 14.7. The summed E-state index contributed by atoms with van der Waals surface area (Å²) >= 11 is 1.63. The minimum absolute atomic E-state index is 0. The second-order valence-electron chi connectivity index (χ2n) is 5.24. The third-order valence-electron chi connectivity index (χ3n) is 3.59. The largest absolute Gasteiger partial charge is 0.396 e. The highest BCUT2D eigenvalue weighted by atomic mass is 35.5. The number of nitrogens with zero attached hydrogens (tertiary/aromatic N) is 2. The molecule has 0 saturated carbocycles. The van der Waals surface area contributed by atoms with Crippen LogP contribution in [0.15, 0.2) is 18.3 Å². The minimum Gasteiger partial charge on any atom is -0.396 e. The maximum atomic E-state index is 12.4. The molecule has 2 aromatic heterocycles. The van der Waals surface area contributed by atoms with E-state index in [-0.39, 0.29) is 24.9 Å². The number of H-pyrrole nitrogens is 1. The van der Waals surface area contributed by atoms with Crippen LogP contribution in [-0.2, 0) is 18.7 Å². The zero-order valence-electron chi connectivity index (χ0n) is 13.0. The van der Waals surface area contributed by atoms with Crippen LogP contribution in [0.4, 0.5) is 5.82 Å². The van der Waals surface area contributed by atoms with Crippen LogP contribution in [0.2, 0.25) is 0 Å². The van der Waals surface area contributed by atoms with Gasteiger partial charge in [0, 0.05) is 48.5 Å². The Morgan fingerprint density at radius 3 is 3.17 bits per heavy atom. The highest BCUT2D eigenvalue weighted by Gasteiger charge is 2.21. The van der Waals surface area contributed by atoms with Crippen LogP contribution < -0.4 is 10.6 Å². The van der Waals surface area contributed by atoms with Gasteiger partial charge in [0.05, 0.1) is 6.61 Å². The first kappa shape index (κ1) is 18.7. The lowest BCUT2D eigenvalue weighted by Crippen LogP contribution is -2.25. The lowest BCUT2D eigenvalue weighted by atomic mass is 10.1. The molecule has 0 spiro atoms. The average Bonchev–Trinajstić information content (AvgIpc) is 3.00. The summed E-state index contributed by atoms with van der Waals surface area (Å²) in [4.78, 5) is 16.6. The summed E-state index contributed by atoms with van der Waals surface area (Å²) < 4.78 is 0. The van der Waals surface area contributed by atoms with E-state index >= 15 is 0 Å². The molecule has 4 N–H and O–H groups in total. The maximum absolute atomic E-state index is 12.4. The van der Waals surface area contributed by atoms with Crippen LogP contribution in [0.5, 0.6) is 0 Å². The topological polar surface area (TPSA) is 103 Å². The molecule has 1 aliphatic heterocycles. The Hall–Kier alpha value is -1.61. The van der Waals surface area contributed by atoms with E-state index in [1.165, 1.54) is 0 Å². The molecule has 130 valence electrons. The van der Waals surface area contributed by atoms with Crippen molar-refractivity contribution in [3.05, 3.63) is 40.8 Å². The lowest BCUT2D eigenvalue weighted by molar-refractivity contribution is 0.102. The number of halogens is 1. The molecule has 0 unspecified atom stereocenters. The number of anilines is 1. The Morgan fingerprint density at radius 1 is 1.46 bits per heavy atom. The van der Waals surface area contributed by atoms with Crippen LogP contribution in [0.1, 0.15) is 27.3 Å². The molecule has 2 aromatic rings. The monoisotopic (exact) mass is 369 g/mol. The van der Waals surface area contributed by atoms with Gasteiger partial charge < -0.3 is 15.7 Å². The summed E-state index contributed by atoms with van der Waals surface area (Å²) in [6.45, 7) is 1.71. The van der Waals surface area contributed by atoms with Gasteiger partial charge in [-0.05, 0) is 17.7 Å². The maximum Gasteiger partial charge on any atom is 0.277 e. The highest BCUT2D eigenvalue weighted by molar-refractivity contribution is 7.98. The number of thioether (sulfide) groups is 1. The quantitative estimate of drug-likeness (QED) is 0.573. The molecule has 0 aliphatic carbocycles. The van der Waals surface area contributed by atoms with E-state index < -0.39 is 0 Å². The van der Waals surface area contributed by atoms with E-state index in [0.29, 0.717) is 23.8 Å². The number of aromatic nitrogens is 3. The van der Waals surface area contributed by atoms with Crippen LogP contribution in [0.25, 0.3) is 0 Å². The van der Waals surface area contributed by atoms with E-state index in [1.54, 1.807) is 18.0 Å². The fourth-order valence-corrected chi connectivity index (χ4v) is 3.16. The van der Waals surface area contributed by atoms with Gasteiger partial charge in [0.25, 0.3) is 5.91 Å². The first-order valence-electron chi connectivity index (χ1n) is 7.49. The van der Waals surface area contributed by atoms with Gasteiger partial charge in [-0.15, -0.1) is 12.4 Å². The molecular weight excluding hydrogens is 350 g/mol. The minimum atomic E-state index is -0.251. The van der Waals surface area contributed by atoms with Crippen molar-refractivity contribution in [2.24, 2.45) is 0 Å². The summed E-state index contributed by atoms with van der Waals surface area (Å²) in [5, 5.41) is 21.9. The number of hydrogen-bond donors (Lipinski definition) is 4. The molecule has 24 heavy (non-hydrogen) atoms. The van der Waals surface area contributed by atoms with Gasteiger partial charge in [0.1, 0.15) is 5.82 Å². The van der Waals surface area contributed by atoms with E-state index in [2.05, 4.69) is 25.8 Å². The number of pyridine rings is 1. The van der Waals surface area contributed by atoms with Gasteiger partial charge in [-0.1, -0.05) is 0 Å². The van der Waals surface area contributed by atoms with Crippen molar-refractivity contribution in [3.63, 3.8) is 0 Å². The predicted molar refractivity (Wildman–Crippen MR) is 96.7 cm³/mol. The number of hydrogen-bond acceptors (Lipinski definition) is 6. The normalized spacial score (nSPS) is 13.0. The van der Waals surface area contributed by atoms with E-state index in [0.717, 1.165) is 35.5 Å². The number of aliphatic hydroxyl groups excluding tert-OH is 1. The van der Waals surface area contributed by atoms with Crippen LogP contribution in [-0.4, -0.2) is 45.1 Å². The molecule has 3 heterocycles. The molecule has 1 amide bonds. The van der Waals surface area contributed by atoms with Crippen LogP contribution in [0.3, 0.4) is 0 Å². The Balaban J connectivity index is 0.00000208. The van der Waals surface area contributed by atoms with Gasteiger partial charge in [-0.25, -0.2) is 4.98 Å². The number of nitrogens with one attached hydrogen (secondary N) is 3. The van der Waals surface area contributed by atoms with E-state index in [4.69, 9.17) is 5.11 Å². The molecule has 1 aliphatic rings. The second kappa shape index (κ2) is 9.03. The van der Waals surface area contributed by atoms with Gasteiger partial charge in [0.15, 0.2) is 5.69 Å². The Morgan fingerprint density at radius 2 is 2.33 bits per heavy atom. The Labute approximate surface area is 150 Å². The number of aromatic amines is 1. The van der Waals surface area contributed by atoms with Crippen molar-refractivity contribution < 1.29 is 9.90 Å². The first-order chi connectivity index (χ1) is 11.3. The summed E-state index contributed by atoms with van der Waals surface area (Å²) in [6, 6.07) is 3.75. The number of aliphatic hydroxyl groups is 1. The van der Waals surface area contributed by atoms with E-state index in [1.807, 2.05) is 12.1 Å². The molecule has 0 saturated heterocycles. The molecule has 0 fully saturated rings. The van der Waals surface area contributed by atoms with Crippen LogP contribution in [0, 0.1) is 0 Å². The summed E-state index contributed by atoms with van der Waals surface area (Å²) in [6.07, 6.45) is 2.53. The van der Waals surface area contributed by atoms with Gasteiger partial charge in [-0.2, -0.15) is 16.9 Å². The smallest absolute Gasteiger partial charge is 0.277 e. The number of carbonyl (C=O) groups excluding carboxylic acids is 1. The highest BCUT2D eigenvalue weighted by Crippen LogP contribution is 2.18.